The van der Waals surface area contributed by atoms with Crippen LogP contribution >= 0.6 is 11.6 Å². The molecule has 0 aliphatic heterocycles. The Morgan fingerprint density at radius 1 is 0.945 bits per heavy atom. The van der Waals surface area contributed by atoms with Gasteiger partial charge in [0.1, 0.15) is 30.8 Å². The highest BCUT2D eigenvalue weighted by Crippen LogP contribution is 2.30. The molecule has 0 bridgehead atoms. The molecule has 0 aliphatic rings. The largest absolute Gasteiger partial charge is 0.462 e. The van der Waals surface area contributed by atoms with Crippen LogP contribution in [0.1, 0.15) is 47.2 Å². The van der Waals surface area contributed by atoms with Crippen molar-refractivity contribution in [3.8, 4) is 22.5 Å². The molecule has 2 aromatic heterocycles. The van der Waals surface area contributed by atoms with Gasteiger partial charge in [-0.15, -0.1) is 30.4 Å². The molecule has 0 aliphatic carbocycles. The number of aromatic amines is 1. The normalized spacial score (nSPS) is 12.0. The molecule has 0 spiro atoms. The molecule has 0 saturated heterocycles. The van der Waals surface area contributed by atoms with Gasteiger partial charge in [0, 0.05) is 24.9 Å². The van der Waals surface area contributed by atoms with Crippen LogP contribution in [0.15, 0.2) is 78.9 Å². The van der Waals surface area contributed by atoms with E-state index in [1.165, 1.54) is 0 Å². The number of benzene rings is 3. The number of H-pyrrole nitrogens is 1. The van der Waals surface area contributed by atoms with E-state index in [9.17, 15) is 29.8 Å². The second-order valence-electron chi connectivity index (χ2n) is 11.9. The van der Waals surface area contributed by atoms with Crippen molar-refractivity contribution in [2.45, 2.75) is 51.5 Å². The summed E-state index contributed by atoms with van der Waals surface area (Å²) in [4.78, 5) is 61.5. The maximum absolute atomic E-state index is 14.0. The number of esters is 1. The number of ether oxygens (including phenoxy) is 2. The fourth-order valence-corrected chi connectivity index (χ4v) is 5.86. The molecule has 1 amide bonds. The minimum absolute atomic E-state index is 0.0386. The average Bonchev–Trinajstić information content (AvgIpc) is 3.82. The van der Waals surface area contributed by atoms with Crippen molar-refractivity contribution in [3.63, 3.8) is 0 Å². The van der Waals surface area contributed by atoms with Crippen LogP contribution in [0.25, 0.3) is 22.5 Å². The van der Waals surface area contributed by atoms with Crippen LogP contribution in [0.2, 0.25) is 5.15 Å². The second-order valence-corrected chi connectivity index (χ2v) is 12.2. The van der Waals surface area contributed by atoms with Crippen LogP contribution < -0.4 is 5.32 Å². The van der Waals surface area contributed by atoms with Crippen molar-refractivity contribution in [2.24, 2.45) is 0 Å². The summed E-state index contributed by atoms with van der Waals surface area (Å²) in [5.41, 5.74) is 4.24. The van der Waals surface area contributed by atoms with E-state index in [-0.39, 0.29) is 23.8 Å². The van der Waals surface area contributed by atoms with E-state index in [0.29, 0.717) is 23.6 Å². The first-order chi connectivity index (χ1) is 26.6. The van der Waals surface area contributed by atoms with Crippen LogP contribution in [0.5, 0.6) is 0 Å². The van der Waals surface area contributed by atoms with E-state index in [2.05, 4.69) is 40.6 Å². The monoisotopic (exact) mass is 777 g/mol. The Hall–Kier alpha value is -6.47. The lowest BCUT2D eigenvalue weighted by Crippen LogP contribution is -2.44. The molecule has 2 unspecified atom stereocenters. The molecule has 0 fully saturated rings. The van der Waals surface area contributed by atoms with Gasteiger partial charge in [-0.2, -0.15) is 5.21 Å². The van der Waals surface area contributed by atoms with Gasteiger partial charge in [-0.1, -0.05) is 104 Å². The Morgan fingerprint density at radius 2 is 1.67 bits per heavy atom. The van der Waals surface area contributed by atoms with Gasteiger partial charge in [-0.05, 0) is 33.9 Å². The lowest BCUT2D eigenvalue weighted by atomic mass is 9.98. The number of tetrazole rings is 1. The molecule has 19 nitrogen and oxygen atoms in total. The lowest BCUT2D eigenvalue weighted by molar-refractivity contribution is -0.800. The number of aryl methyl sites for hydroxylation is 1. The van der Waals surface area contributed by atoms with Gasteiger partial charge < -0.3 is 24.2 Å². The Balaban J connectivity index is 1.34. The summed E-state index contributed by atoms with van der Waals surface area (Å²) >= 11 is 6.64. The number of aromatic nitrogens is 6. The third-order valence-electron chi connectivity index (χ3n) is 8.12. The van der Waals surface area contributed by atoms with Crippen LogP contribution in [0, 0.1) is 20.2 Å². The molecule has 2 atom stereocenters. The number of rotatable bonds is 21. The van der Waals surface area contributed by atoms with Crippen molar-refractivity contribution in [3.05, 3.63) is 127 Å². The average molecular weight is 778 g/mol. The molecule has 0 radical (unpaired) electrons. The smallest absolute Gasteiger partial charge is 0.329 e. The molecule has 2 heterocycles. The molecule has 3 aromatic carbocycles. The summed E-state index contributed by atoms with van der Waals surface area (Å²) in [5.74, 6) is -0.464. The predicted molar refractivity (Wildman–Crippen MR) is 193 cm³/mol. The van der Waals surface area contributed by atoms with Gasteiger partial charge >= 0.3 is 5.97 Å². The van der Waals surface area contributed by atoms with Crippen LogP contribution in [0.3, 0.4) is 0 Å². The number of amides is 1. The van der Waals surface area contributed by atoms with Crippen LogP contribution in [0.4, 0.5) is 0 Å². The van der Waals surface area contributed by atoms with Gasteiger partial charge in [0.05, 0.1) is 6.61 Å². The number of halogens is 1. The summed E-state index contributed by atoms with van der Waals surface area (Å²) in [7, 11) is 0. The highest BCUT2D eigenvalue weighted by Gasteiger charge is 2.29. The topological polar surface area (TPSA) is 242 Å². The molecular weight excluding hydrogens is 742 g/mol. The molecular formula is C35H36ClN9O10. The van der Waals surface area contributed by atoms with E-state index in [1.807, 2.05) is 55.5 Å². The number of nitrogens with zero attached hydrogens (tertiary/aromatic N) is 7. The second kappa shape index (κ2) is 19.6. The fourth-order valence-electron chi connectivity index (χ4n) is 5.58. The molecule has 5 rings (SSSR count). The third-order valence-corrected chi connectivity index (χ3v) is 8.38. The molecule has 2 N–H and O–H groups in total. The lowest BCUT2D eigenvalue weighted by Gasteiger charge is -2.20. The van der Waals surface area contributed by atoms with Crippen molar-refractivity contribution < 1.29 is 38.9 Å². The third kappa shape index (κ3) is 11.3. The molecule has 5 aromatic rings. The van der Waals surface area contributed by atoms with E-state index < -0.39 is 54.2 Å². The Labute approximate surface area is 318 Å². The minimum Gasteiger partial charge on any atom is -0.462 e. The van der Waals surface area contributed by atoms with Crippen LogP contribution in [-0.2, 0) is 43.3 Å². The molecule has 20 heteroatoms. The summed E-state index contributed by atoms with van der Waals surface area (Å²) in [6, 6.07) is 23.1. The maximum Gasteiger partial charge on any atom is 0.329 e. The predicted octanol–water partition coefficient (Wildman–Crippen LogP) is 4.42. The van der Waals surface area contributed by atoms with E-state index in [4.69, 9.17) is 21.1 Å². The SMILES string of the molecule is CCCCc1nc(Cl)c(C(=O)NC(Cc2ccccc2)C(=O)OCCOC(CO[N+](=O)[O-])O[N+](=O)[O-])n1Cc1ccc(-c2ccccc2-c2nn[nH]n2)cc1. The van der Waals surface area contributed by atoms with Gasteiger partial charge in [0.15, 0.2) is 5.15 Å². The minimum atomic E-state index is -1.76. The van der Waals surface area contributed by atoms with Crippen LogP contribution in [-0.4, -0.2) is 84.4 Å². The Morgan fingerprint density at radius 3 is 2.35 bits per heavy atom. The molecule has 288 valence electrons. The van der Waals surface area contributed by atoms with Crippen molar-refractivity contribution >= 4 is 23.5 Å². The maximum atomic E-state index is 14.0. The zero-order valence-corrected chi connectivity index (χ0v) is 30.2. The number of nitrogens with one attached hydrogen (secondary N) is 2. The van der Waals surface area contributed by atoms with E-state index in [1.54, 1.807) is 34.9 Å². The highest BCUT2D eigenvalue weighted by atomic mass is 35.5. The number of hydrogen-bond acceptors (Lipinski definition) is 14. The highest BCUT2D eigenvalue weighted by molar-refractivity contribution is 6.32. The van der Waals surface area contributed by atoms with Gasteiger partial charge in [-0.3, -0.25) is 9.63 Å². The first-order valence-corrected chi connectivity index (χ1v) is 17.4. The Kier molecular flexibility index (Phi) is 14.1. The van der Waals surface area contributed by atoms with Gasteiger partial charge in [-0.25, -0.2) is 9.78 Å². The number of unbranched alkanes of at least 4 members (excludes halogenated alkanes) is 1. The summed E-state index contributed by atoms with van der Waals surface area (Å²) in [6.45, 7) is 0.494. The Bertz CT molecular complexity index is 2050. The zero-order valence-electron chi connectivity index (χ0n) is 29.4. The summed E-state index contributed by atoms with van der Waals surface area (Å²) in [6.07, 6.45) is 0.487. The summed E-state index contributed by atoms with van der Waals surface area (Å²) in [5, 5.41) is 35.9. The van der Waals surface area contributed by atoms with Gasteiger partial charge in [0.2, 0.25) is 12.1 Å². The fraction of sp³-hybridized carbons (Fsp3) is 0.314. The number of carbonyl (C=O) groups excluding carboxylic acids is 2. The standard InChI is InChI=1S/C35H36ClN9O10/c1-2-3-13-29-38-32(36)31(43(29)21-24-14-16-25(17-15-24)26-11-7-8-12-27(26)33-39-41-42-40-33)34(46)37-28(20-23-9-5-4-6-10-23)35(47)53-19-18-52-30(55-45(50)51)22-54-44(48)49/h4-12,14-17,28,30H,2-3,13,18-22H2,1H3,(H,37,46)(H,39,40,41,42). The zero-order chi connectivity index (χ0) is 39.2. The quantitative estimate of drug-likeness (QED) is 0.0345. The summed E-state index contributed by atoms with van der Waals surface area (Å²) < 4.78 is 12.2. The molecule has 55 heavy (non-hydrogen) atoms. The number of imidazole rings is 1. The van der Waals surface area contributed by atoms with E-state index in [0.717, 1.165) is 35.1 Å². The van der Waals surface area contributed by atoms with Crippen molar-refractivity contribution in [2.75, 3.05) is 19.8 Å². The van der Waals surface area contributed by atoms with E-state index >= 15 is 0 Å². The first kappa shape index (κ1) is 39.7. The van der Waals surface area contributed by atoms with Crippen molar-refractivity contribution in [1.82, 2.24) is 35.5 Å². The number of hydrogen-bond donors (Lipinski definition) is 2. The molecule has 0 saturated carbocycles. The number of carbonyl (C=O) groups is 2. The van der Waals surface area contributed by atoms with Crippen molar-refractivity contribution in [1.29, 1.82) is 0 Å². The van der Waals surface area contributed by atoms with Gasteiger partial charge in [0.25, 0.3) is 16.1 Å². The first-order valence-electron chi connectivity index (χ1n) is 17.0.